The summed E-state index contributed by atoms with van der Waals surface area (Å²) >= 11 is 6.04. The third kappa shape index (κ3) is 4.02. The Morgan fingerprint density at radius 3 is 2.71 bits per heavy atom. The summed E-state index contributed by atoms with van der Waals surface area (Å²) in [5.41, 5.74) is 5.25. The predicted molar refractivity (Wildman–Crippen MR) is 134 cm³/mol. The highest BCUT2D eigenvalue weighted by atomic mass is 35.5. The van der Waals surface area contributed by atoms with Gasteiger partial charge in [0, 0.05) is 49.0 Å². The van der Waals surface area contributed by atoms with Crippen LogP contribution in [-0.4, -0.2) is 31.5 Å². The van der Waals surface area contributed by atoms with E-state index in [9.17, 15) is 9.59 Å². The summed E-state index contributed by atoms with van der Waals surface area (Å²) in [5.74, 6) is -0.302. The van der Waals surface area contributed by atoms with E-state index in [-0.39, 0.29) is 11.5 Å². The van der Waals surface area contributed by atoms with Gasteiger partial charge < -0.3 is 9.88 Å². The van der Waals surface area contributed by atoms with Crippen molar-refractivity contribution in [3.63, 3.8) is 0 Å². The summed E-state index contributed by atoms with van der Waals surface area (Å²) in [7, 11) is 0. The van der Waals surface area contributed by atoms with E-state index < -0.39 is 0 Å². The Hall–Kier alpha value is -3.42. The van der Waals surface area contributed by atoms with Crippen molar-refractivity contribution in [2.24, 2.45) is 0 Å². The van der Waals surface area contributed by atoms with Gasteiger partial charge in [-0.3, -0.25) is 14.5 Å². The van der Waals surface area contributed by atoms with E-state index in [4.69, 9.17) is 11.6 Å². The SMILES string of the molecule is CCn1c2c(c(=O)n3ncc(C(=O)Nc4ccc(Cl)cc4C)c13)CN(Cc1ccccc1)CC2. The summed E-state index contributed by atoms with van der Waals surface area (Å²) in [4.78, 5) is 28.9. The fourth-order valence-electron chi connectivity index (χ4n) is 4.74. The summed E-state index contributed by atoms with van der Waals surface area (Å²) in [6.45, 7) is 6.74. The van der Waals surface area contributed by atoms with Crippen molar-refractivity contribution >= 4 is 28.8 Å². The van der Waals surface area contributed by atoms with Crippen molar-refractivity contribution in [2.75, 3.05) is 11.9 Å². The third-order valence-electron chi connectivity index (χ3n) is 6.42. The second kappa shape index (κ2) is 9.08. The lowest BCUT2D eigenvalue weighted by atomic mass is 10.0. The molecule has 0 saturated carbocycles. The van der Waals surface area contributed by atoms with Gasteiger partial charge in [0.25, 0.3) is 11.5 Å². The van der Waals surface area contributed by atoms with E-state index in [0.29, 0.717) is 35.0 Å². The Kier molecular flexibility index (Phi) is 5.98. The van der Waals surface area contributed by atoms with E-state index in [0.717, 1.165) is 36.3 Å². The van der Waals surface area contributed by atoms with Crippen LogP contribution in [0.5, 0.6) is 0 Å². The van der Waals surface area contributed by atoms with Crippen LogP contribution in [0.1, 0.15) is 39.7 Å². The van der Waals surface area contributed by atoms with Gasteiger partial charge in [0.15, 0.2) is 5.65 Å². The number of halogens is 1. The van der Waals surface area contributed by atoms with Crippen molar-refractivity contribution in [1.29, 1.82) is 0 Å². The highest BCUT2D eigenvalue weighted by molar-refractivity contribution is 6.30. The molecule has 0 atom stereocenters. The number of hydrogen-bond donors (Lipinski definition) is 1. The van der Waals surface area contributed by atoms with Crippen molar-refractivity contribution in [3.05, 3.63) is 98.1 Å². The molecule has 0 spiro atoms. The molecule has 1 amide bonds. The van der Waals surface area contributed by atoms with Crippen LogP contribution in [-0.2, 0) is 26.1 Å². The van der Waals surface area contributed by atoms with Gasteiger partial charge in [0.1, 0.15) is 5.56 Å². The molecule has 2 aromatic carbocycles. The lowest BCUT2D eigenvalue weighted by molar-refractivity contribution is 0.102. The monoisotopic (exact) mass is 475 g/mol. The van der Waals surface area contributed by atoms with Gasteiger partial charge in [0.2, 0.25) is 0 Å². The van der Waals surface area contributed by atoms with Crippen LogP contribution >= 0.6 is 11.6 Å². The molecule has 8 heteroatoms. The Morgan fingerprint density at radius 2 is 1.97 bits per heavy atom. The predicted octanol–water partition coefficient (Wildman–Crippen LogP) is 4.29. The van der Waals surface area contributed by atoms with Crippen LogP contribution < -0.4 is 10.9 Å². The van der Waals surface area contributed by atoms with Gasteiger partial charge >= 0.3 is 0 Å². The molecule has 0 saturated heterocycles. The number of aryl methyl sites for hydroxylation is 2. The van der Waals surface area contributed by atoms with E-state index in [1.54, 1.807) is 18.2 Å². The first-order valence-corrected chi connectivity index (χ1v) is 11.8. The number of carbonyl (C=O) groups excluding carboxylic acids is 1. The van der Waals surface area contributed by atoms with Gasteiger partial charge in [-0.2, -0.15) is 9.61 Å². The van der Waals surface area contributed by atoms with Crippen LogP contribution in [0.2, 0.25) is 5.02 Å². The maximum Gasteiger partial charge on any atom is 0.279 e. The standard InChI is InChI=1S/C26H26ClN5O2/c1-3-31-23-11-12-30(15-18-7-5-4-6-8-18)16-21(23)26(34)32-25(31)20(14-28-32)24(33)29-22-10-9-19(27)13-17(22)2/h4-10,13-14H,3,11-12,15-16H2,1-2H3,(H,29,33). The third-order valence-corrected chi connectivity index (χ3v) is 6.65. The van der Waals surface area contributed by atoms with Gasteiger partial charge in [-0.1, -0.05) is 41.9 Å². The summed E-state index contributed by atoms with van der Waals surface area (Å²) in [6, 6.07) is 15.6. The van der Waals surface area contributed by atoms with E-state index in [1.165, 1.54) is 16.3 Å². The van der Waals surface area contributed by atoms with Crippen molar-refractivity contribution in [2.45, 2.75) is 39.9 Å². The largest absolute Gasteiger partial charge is 0.329 e. The molecule has 7 nitrogen and oxygen atoms in total. The minimum atomic E-state index is -0.302. The summed E-state index contributed by atoms with van der Waals surface area (Å²) in [6.07, 6.45) is 2.22. The number of nitrogens with zero attached hydrogens (tertiary/aromatic N) is 4. The molecule has 34 heavy (non-hydrogen) atoms. The van der Waals surface area contributed by atoms with Crippen LogP contribution in [0, 0.1) is 6.92 Å². The second-order valence-corrected chi connectivity index (χ2v) is 9.06. The van der Waals surface area contributed by atoms with E-state index >= 15 is 0 Å². The van der Waals surface area contributed by atoms with Gasteiger partial charge in [-0.25, -0.2) is 0 Å². The zero-order valence-corrected chi connectivity index (χ0v) is 20.0. The molecular weight excluding hydrogens is 450 g/mol. The summed E-state index contributed by atoms with van der Waals surface area (Å²) in [5, 5.41) is 7.88. The van der Waals surface area contributed by atoms with Crippen molar-refractivity contribution < 1.29 is 4.79 Å². The zero-order valence-electron chi connectivity index (χ0n) is 19.2. The van der Waals surface area contributed by atoms with Crippen LogP contribution in [0.3, 0.4) is 0 Å². The van der Waals surface area contributed by atoms with Gasteiger partial charge in [-0.15, -0.1) is 0 Å². The molecule has 1 N–H and O–H groups in total. The average Bonchev–Trinajstić information content (AvgIpc) is 3.28. The highest BCUT2D eigenvalue weighted by Gasteiger charge is 2.27. The fraction of sp³-hybridized carbons (Fsp3) is 0.269. The Labute approximate surface area is 202 Å². The maximum absolute atomic E-state index is 13.4. The fourth-order valence-corrected chi connectivity index (χ4v) is 4.96. The molecule has 3 heterocycles. The quantitative estimate of drug-likeness (QED) is 0.467. The Morgan fingerprint density at radius 1 is 1.18 bits per heavy atom. The van der Waals surface area contributed by atoms with E-state index in [1.807, 2.05) is 32.0 Å². The Balaban J connectivity index is 1.51. The second-order valence-electron chi connectivity index (χ2n) is 8.63. The normalized spacial score (nSPS) is 13.7. The first-order valence-electron chi connectivity index (χ1n) is 11.4. The van der Waals surface area contributed by atoms with Crippen LogP contribution in [0.4, 0.5) is 5.69 Å². The lowest BCUT2D eigenvalue weighted by Crippen LogP contribution is -2.38. The molecule has 0 fully saturated rings. The molecule has 5 rings (SSSR count). The first-order chi connectivity index (χ1) is 16.5. The molecule has 1 aliphatic rings. The van der Waals surface area contributed by atoms with Gasteiger partial charge in [0.05, 0.1) is 11.8 Å². The zero-order chi connectivity index (χ0) is 23.8. The maximum atomic E-state index is 13.4. The molecule has 174 valence electrons. The molecular formula is C26H26ClN5O2. The number of carbonyl (C=O) groups is 1. The smallest absolute Gasteiger partial charge is 0.279 e. The van der Waals surface area contributed by atoms with Crippen LogP contribution in [0.25, 0.3) is 5.65 Å². The summed E-state index contributed by atoms with van der Waals surface area (Å²) < 4.78 is 3.44. The topological polar surface area (TPSA) is 71.6 Å². The van der Waals surface area contributed by atoms with Crippen LogP contribution in [0.15, 0.2) is 59.5 Å². The number of aromatic nitrogens is 3. The average molecular weight is 476 g/mol. The number of amides is 1. The first kappa shape index (κ1) is 22.4. The molecule has 0 aliphatic carbocycles. The number of fused-ring (bicyclic) bond motifs is 2. The molecule has 0 unspecified atom stereocenters. The Bertz CT molecular complexity index is 1440. The minimum Gasteiger partial charge on any atom is -0.329 e. The number of benzene rings is 2. The molecule has 1 aliphatic heterocycles. The van der Waals surface area contributed by atoms with E-state index in [2.05, 4.69) is 32.0 Å². The number of anilines is 1. The molecule has 0 radical (unpaired) electrons. The molecule has 2 aromatic heterocycles. The molecule has 0 bridgehead atoms. The molecule has 4 aromatic rings. The van der Waals surface area contributed by atoms with Crippen molar-refractivity contribution in [3.8, 4) is 0 Å². The lowest BCUT2D eigenvalue weighted by Gasteiger charge is -2.30. The van der Waals surface area contributed by atoms with Crippen molar-refractivity contribution in [1.82, 2.24) is 19.1 Å². The number of rotatable bonds is 5. The minimum absolute atomic E-state index is 0.158. The van der Waals surface area contributed by atoms with Gasteiger partial charge in [-0.05, 0) is 43.2 Å². The highest BCUT2D eigenvalue weighted by Crippen LogP contribution is 2.24. The number of hydrogen-bond acceptors (Lipinski definition) is 4. The number of nitrogens with one attached hydrogen (secondary N) is 1.